The topological polar surface area (TPSA) is 51.1 Å². The SMILES string of the molecule is C=C(F)C(=O)Nc1cn(C2CCSC2)c(=O)cc1C. The molecule has 4 nitrogen and oxygen atoms in total. The number of carbonyl (C=O) groups excluding carboxylic acids is 1. The van der Waals surface area contributed by atoms with Crippen LogP contribution in [0.25, 0.3) is 0 Å². The second-order valence-corrected chi connectivity index (χ2v) is 5.64. The standard InChI is InChI=1S/C13H15FN2O2S/c1-8-5-12(17)16(10-3-4-19-7-10)6-11(8)15-13(18)9(2)14/h5-6,10H,2-4,7H2,1H3,(H,15,18). The molecule has 1 atom stereocenters. The lowest BCUT2D eigenvalue weighted by Gasteiger charge is -2.16. The molecule has 2 heterocycles. The number of nitrogens with one attached hydrogen (secondary N) is 1. The van der Waals surface area contributed by atoms with Crippen molar-refractivity contribution in [2.75, 3.05) is 16.8 Å². The van der Waals surface area contributed by atoms with E-state index in [-0.39, 0.29) is 11.6 Å². The van der Waals surface area contributed by atoms with Crippen molar-refractivity contribution < 1.29 is 9.18 Å². The summed E-state index contributed by atoms with van der Waals surface area (Å²) in [4.78, 5) is 23.3. The van der Waals surface area contributed by atoms with Gasteiger partial charge in [0, 0.05) is 24.1 Å². The summed E-state index contributed by atoms with van der Waals surface area (Å²) in [5.74, 6) is -0.0252. The Bertz CT molecular complexity index is 576. The van der Waals surface area contributed by atoms with Crippen molar-refractivity contribution in [2.45, 2.75) is 19.4 Å². The van der Waals surface area contributed by atoms with Crippen LogP contribution < -0.4 is 10.9 Å². The highest BCUT2D eigenvalue weighted by Crippen LogP contribution is 2.27. The van der Waals surface area contributed by atoms with Crippen molar-refractivity contribution >= 4 is 23.4 Å². The van der Waals surface area contributed by atoms with E-state index in [0.717, 1.165) is 17.9 Å². The van der Waals surface area contributed by atoms with Crippen molar-refractivity contribution in [2.24, 2.45) is 0 Å². The first-order chi connectivity index (χ1) is 8.99. The smallest absolute Gasteiger partial charge is 0.283 e. The zero-order chi connectivity index (χ0) is 14.0. The highest BCUT2D eigenvalue weighted by atomic mass is 32.2. The van der Waals surface area contributed by atoms with E-state index in [1.165, 1.54) is 6.07 Å². The molecule has 102 valence electrons. The van der Waals surface area contributed by atoms with E-state index in [4.69, 9.17) is 0 Å². The quantitative estimate of drug-likeness (QED) is 0.865. The first-order valence-corrected chi connectivity index (χ1v) is 7.11. The number of aromatic nitrogens is 1. The summed E-state index contributed by atoms with van der Waals surface area (Å²) < 4.78 is 14.3. The average Bonchev–Trinajstić information content (AvgIpc) is 2.85. The van der Waals surface area contributed by atoms with Crippen LogP contribution in [0.2, 0.25) is 0 Å². The fourth-order valence-corrected chi connectivity index (χ4v) is 3.19. The van der Waals surface area contributed by atoms with Crippen LogP contribution >= 0.6 is 11.8 Å². The number of halogens is 1. The Labute approximate surface area is 114 Å². The molecule has 0 saturated carbocycles. The summed E-state index contributed by atoms with van der Waals surface area (Å²) in [5.41, 5.74) is 0.962. The molecule has 2 rings (SSSR count). The third kappa shape index (κ3) is 3.07. The van der Waals surface area contributed by atoms with Crippen LogP contribution in [-0.4, -0.2) is 22.0 Å². The van der Waals surface area contributed by atoms with E-state index >= 15 is 0 Å². The number of anilines is 1. The molecule has 1 N–H and O–H groups in total. The molecular weight excluding hydrogens is 267 g/mol. The summed E-state index contributed by atoms with van der Waals surface area (Å²) in [5, 5.41) is 2.42. The van der Waals surface area contributed by atoms with Gasteiger partial charge in [-0.15, -0.1) is 0 Å². The maximum atomic E-state index is 12.7. The van der Waals surface area contributed by atoms with Gasteiger partial charge in [-0.05, 0) is 24.7 Å². The summed E-state index contributed by atoms with van der Waals surface area (Å²) in [7, 11) is 0. The van der Waals surface area contributed by atoms with Gasteiger partial charge in [0.1, 0.15) is 0 Å². The van der Waals surface area contributed by atoms with Gasteiger partial charge in [-0.25, -0.2) is 4.39 Å². The summed E-state index contributed by atoms with van der Waals surface area (Å²) >= 11 is 1.79. The molecule has 1 unspecified atom stereocenters. The molecule has 0 bridgehead atoms. The number of thioether (sulfide) groups is 1. The Morgan fingerprint density at radius 2 is 2.37 bits per heavy atom. The molecule has 1 amide bonds. The van der Waals surface area contributed by atoms with E-state index < -0.39 is 11.7 Å². The predicted octanol–water partition coefficient (Wildman–Crippen LogP) is 2.26. The molecule has 0 aliphatic carbocycles. The van der Waals surface area contributed by atoms with Gasteiger partial charge in [0.15, 0.2) is 5.83 Å². The molecule has 0 aromatic carbocycles. The molecule has 1 aromatic rings. The van der Waals surface area contributed by atoms with E-state index in [0.29, 0.717) is 11.3 Å². The molecule has 19 heavy (non-hydrogen) atoms. The van der Waals surface area contributed by atoms with Gasteiger partial charge < -0.3 is 9.88 Å². The van der Waals surface area contributed by atoms with Crippen LogP contribution in [0.5, 0.6) is 0 Å². The largest absolute Gasteiger partial charge is 0.318 e. The number of hydrogen-bond acceptors (Lipinski definition) is 3. The van der Waals surface area contributed by atoms with Crippen molar-refractivity contribution in [1.29, 1.82) is 0 Å². The molecule has 1 saturated heterocycles. The summed E-state index contributed by atoms with van der Waals surface area (Å²) in [6, 6.07) is 1.60. The Kier molecular flexibility index (Phi) is 4.09. The molecule has 0 spiro atoms. The number of rotatable bonds is 3. The number of pyridine rings is 1. The minimum Gasteiger partial charge on any atom is -0.318 e. The number of amides is 1. The van der Waals surface area contributed by atoms with Crippen molar-refractivity contribution in [3.05, 3.63) is 40.6 Å². The third-order valence-corrected chi connectivity index (χ3v) is 4.23. The van der Waals surface area contributed by atoms with Crippen molar-refractivity contribution in [3.63, 3.8) is 0 Å². The third-order valence-electron chi connectivity index (χ3n) is 3.08. The van der Waals surface area contributed by atoms with Gasteiger partial charge in [-0.1, -0.05) is 6.58 Å². The highest BCUT2D eigenvalue weighted by Gasteiger charge is 2.19. The monoisotopic (exact) mass is 282 g/mol. The number of hydrogen-bond donors (Lipinski definition) is 1. The van der Waals surface area contributed by atoms with Crippen molar-refractivity contribution in [1.82, 2.24) is 4.57 Å². The highest BCUT2D eigenvalue weighted by molar-refractivity contribution is 7.99. The van der Waals surface area contributed by atoms with Gasteiger partial charge in [0.05, 0.1) is 5.69 Å². The second-order valence-electron chi connectivity index (χ2n) is 4.49. The molecule has 1 aliphatic heterocycles. The van der Waals surface area contributed by atoms with Crippen LogP contribution in [0.3, 0.4) is 0 Å². The number of nitrogens with zero attached hydrogens (tertiary/aromatic N) is 1. The summed E-state index contributed by atoms with van der Waals surface area (Å²) in [6.07, 6.45) is 2.52. The van der Waals surface area contributed by atoms with Gasteiger partial charge in [-0.3, -0.25) is 9.59 Å². The minimum absolute atomic E-state index is 0.0953. The zero-order valence-electron chi connectivity index (χ0n) is 10.6. The van der Waals surface area contributed by atoms with Crippen LogP contribution in [0.4, 0.5) is 10.1 Å². The fourth-order valence-electron chi connectivity index (χ4n) is 1.99. The van der Waals surface area contributed by atoms with Gasteiger partial charge in [-0.2, -0.15) is 11.8 Å². The zero-order valence-corrected chi connectivity index (χ0v) is 11.4. The molecule has 6 heteroatoms. The normalized spacial score (nSPS) is 18.3. The Balaban J connectivity index is 2.33. The number of aryl methyl sites for hydroxylation is 1. The van der Waals surface area contributed by atoms with E-state index in [1.807, 2.05) is 0 Å². The van der Waals surface area contributed by atoms with Crippen LogP contribution in [0, 0.1) is 6.92 Å². The van der Waals surface area contributed by atoms with Crippen LogP contribution in [0.15, 0.2) is 29.5 Å². The fraction of sp³-hybridized carbons (Fsp3) is 0.385. The van der Waals surface area contributed by atoms with Crippen LogP contribution in [-0.2, 0) is 4.79 Å². The van der Waals surface area contributed by atoms with E-state index in [2.05, 4.69) is 11.9 Å². The Hall–Kier alpha value is -1.56. The first-order valence-electron chi connectivity index (χ1n) is 5.95. The minimum atomic E-state index is -1.05. The average molecular weight is 282 g/mol. The predicted molar refractivity (Wildman–Crippen MR) is 75.3 cm³/mol. The first kappa shape index (κ1) is 13.9. The summed E-state index contributed by atoms with van der Waals surface area (Å²) in [6.45, 7) is 4.65. The lowest BCUT2D eigenvalue weighted by molar-refractivity contribution is -0.114. The number of carbonyl (C=O) groups is 1. The maximum Gasteiger partial charge on any atom is 0.283 e. The van der Waals surface area contributed by atoms with Gasteiger partial charge in [0.25, 0.3) is 11.5 Å². The van der Waals surface area contributed by atoms with E-state index in [1.54, 1.807) is 29.4 Å². The van der Waals surface area contributed by atoms with Gasteiger partial charge in [0.2, 0.25) is 0 Å². The molecule has 1 aromatic heterocycles. The molecule has 1 aliphatic rings. The van der Waals surface area contributed by atoms with E-state index in [9.17, 15) is 14.0 Å². The molecule has 0 radical (unpaired) electrons. The van der Waals surface area contributed by atoms with Gasteiger partial charge >= 0.3 is 0 Å². The van der Waals surface area contributed by atoms with Crippen molar-refractivity contribution in [3.8, 4) is 0 Å². The molecular formula is C13H15FN2O2S. The Morgan fingerprint density at radius 3 is 2.95 bits per heavy atom. The molecule has 1 fully saturated rings. The van der Waals surface area contributed by atoms with Crippen LogP contribution in [0.1, 0.15) is 18.0 Å². The lowest BCUT2D eigenvalue weighted by Crippen LogP contribution is -2.25. The maximum absolute atomic E-state index is 12.7. The Morgan fingerprint density at radius 1 is 1.63 bits per heavy atom. The lowest BCUT2D eigenvalue weighted by atomic mass is 10.2. The second kappa shape index (κ2) is 5.61.